The lowest BCUT2D eigenvalue weighted by molar-refractivity contribution is -0.141. The first-order valence-electron chi connectivity index (χ1n) is 6.01. The molecule has 2 aromatic heterocycles. The Morgan fingerprint density at radius 1 is 1.19 bits per heavy atom. The predicted molar refractivity (Wildman–Crippen MR) is 73.1 cm³/mol. The summed E-state index contributed by atoms with van der Waals surface area (Å²) >= 11 is 5.56. The Bertz CT molecular complexity index is 646. The summed E-state index contributed by atoms with van der Waals surface area (Å²) in [5, 5.41) is -0.441. The van der Waals surface area contributed by atoms with Crippen LogP contribution in [0.2, 0.25) is 5.28 Å². The summed E-state index contributed by atoms with van der Waals surface area (Å²) in [7, 11) is 1.61. The molecule has 0 aliphatic carbocycles. The highest BCUT2D eigenvalue weighted by molar-refractivity contribution is 6.28. The van der Waals surface area contributed by atoms with Gasteiger partial charge in [0.05, 0.1) is 12.2 Å². The van der Waals surface area contributed by atoms with Crippen molar-refractivity contribution in [2.24, 2.45) is 0 Å². The average molecular weight is 317 g/mol. The van der Waals surface area contributed by atoms with E-state index in [-0.39, 0.29) is 5.82 Å². The molecule has 0 fully saturated rings. The van der Waals surface area contributed by atoms with Gasteiger partial charge in [0.25, 0.3) is 0 Å². The summed E-state index contributed by atoms with van der Waals surface area (Å²) < 4.78 is 38.1. The lowest BCUT2D eigenvalue weighted by Crippen LogP contribution is -2.20. The molecule has 0 unspecified atom stereocenters. The molecule has 0 aliphatic rings. The Hall–Kier alpha value is -1.89. The number of rotatable bonds is 3. The van der Waals surface area contributed by atoms with E-state index in [9.17, 15) is 13.2 Å². The van der Waals surface area contributed by atoms with Crippen LogP contribution in [0.15, 0.2) is 24.3 Å². The number of hydrogen-bond donors (Lipinski definition) is 0. The van der Waals surface area contributed by atoms with Crippen molar-refractivity contribution in [2.75, 3.05) is 11.9 Å². The summed E-state index contributed by atoms with van der Waals surface area (Å²) in [6, 6.07) is 6.32. The van der Waals surface area contributed by atoms with Crippen LogP contribution in [0, 0.1) is 6.92 Å². The zero-order valence-corrected chi connectivity index (χ0v) is 12.1. The first-order valence-corrected chi connectivity index (χ1v) is 6.39. The van der Waals surface area contributed by atoms with Gasteiger partial charge in [0, 0.05) is 18.8 Å². The number of aryl methyl sites for hydroxylation is 1. The summed E-state index contributed by atoms with van der Waals surface area (Å²) in [4.78, 5) is 12.8. The van der Waals surface area contributed by atoms with Crippen LogP contribution in [0.5, 0.6) is 0 Å². The summed E-state index contributed by atoms with van der Waals surface area (Å²) in [5.74, 6) is 0.0885. The molecule has 0 radical (unpaired) electrons. The van der Waals surface area contributed by atoms with Crippen LogP contribution in [-0.4, -0.2) is 22.0 Å². The molecule has 2 aromatic rings. The van der Waals surface area contributed by atoms with E-state index in [0.717, 1.165) is 17.5 Å². The molecule has 0 amide bonds. The Kier molecular flexibility index (Phi) is 4.32. The second-order valence-electron chi connectivity index (χ2n) is 4.50. The third kappa shape index (κ3) is 4.04. The fourth-order valence-electron chi connectivity index (χ4n) is 1.76. The van der Waals surface area contributed by atoms with Crippen LogP contribution < -0.4 is 4.90 Å². The van der Waals surface area contributed by atoms with E-state index in [1.54, 1.807) is 13.1 Å². The van der Waals surface area contributed by atoms with Gasteiger partial charge in [-0.2, -0.15) is 13.2 Å². The van der Waals surface area contributed by atoms with Crippen molar-refractivity contribution in [3.63, 3.8) is 0 Å². The van der Waals surface area contributed by atoms with Crippen molar-refractivity contribution in [3.05, 3.63) is 46.6 Å². The third-order valence-electron chi connectivity index (χ3n) is 2.71. The Morgan fingerprint density at radius 3 is 2.52 bits per heavy atom. The molecule has 0 atom stereocenters. The number of alkyl halides is 3. The second kappa shape index (κ2) is 5.85. The normalized spacial score (nSPS) is 11.5. The molecule has 2 rings (SSSR count). The van der Waals surface area contributed by atoms with Crippen molar-refractivity contribution in [1.29, 1.82) is 0 Å². The van der Waals surface area contributed by atoms with Crippen LogP contribution in [-0.2, 0) is 12.7 Å². The van der Waals surface area contributed by atoms with Gasteiger partial charge >= 0.3 is 6.18 Å². The monoisotopic (exact) mass is 316 g/mol. The van der Waals surface area contributed by atoms with Crippen molar-refractivity contribution >= 4 is 17.4 Å². The third-order valence-corrected chi connectivity index (χ3v) is 2.88. The van der Waals surface area contributed by atoms with E-state index >= 15 is 0 Å². The van der Waals surface area contributed by atoms with Crippen LogP contribution in [0.1, 0.15) is 17.1 Å². The number of anilines is 1. The van der Waals surface area contributed by atoms with Crippen molar-refractivity contribution in [2.45, 2.75) is 19.6 Å². The smallest absolute Gasteiger partial charge is 0.354 e. The summed E-state index contributed by atoms with van der Waals surface area (Å²) in [6.45, 7) is 2.15. The number of hydrogen-bond acceptors (Lipinski definition) is 4. The molecule has 112 valence electrons. The number of nitrogens with zero attached hydrogens (tertiary/aromatic N) is 4. The maximum absolute atomic E-state index is 12.7. The van der Waals surface area contributed by atoms with E-state index in [2.05, 4.69) is 15.0 Å². The SMILES string of the molecule is Cc1cccc(CN(C)c2cc(C(F)(F)F)nc(Cl)n2)n1. The van der Waals surface area contributed by atoms with Gasteiger partial charge in [0.1, 0.15) is 5.82 Å². The van der Waals surface area contributed by atoms with Crippen molar-refractivity contribution in [1.82, 2.24) is 15.0 Å². The molecular weight excluding hydrogens is 305 g/mol. The number of halogens is 4. The maximum atomic E-state index is 12.7. The van der Waals surface area contributed by atoms with Crippen LogP contribution in [0.4, 0.5) is 19.0 Å². The van der Waals surface area contributed by atoms with E-state index < -0.39 is 17.2 Å². The van der Waals surface area contributed by atoms with Gasteiger partial charge in [-0.25, -0.2) is 9.97 Å². The lowest BCUT2D eigenvalue weighted by atomic mass is 10.3. The quantitative estimate of drug-likeness (QED) is 0.813. The zero-order valence-electron chi connectivity index (χ0n) is 11.3. The largest absolute Gasteiger partial charge is 0.433 e. The van der Waals surface area contributed by atoms with Gasteiger partial charge < -0.3 is 4.90 Å². The second-order valence-corrected chi connectivity index (χ2v) is 4.84. The van der Waals surface area contributed by atoms with E-state index in [1.807, 2.05) is 19.1 Å². The maximum Gasteiger partial charge on any atom is 0.433 e. The standard InChI is InChI=1S/C13H12ClF3N4/c1-8-4-3-5-9(18-8)7-21(2)11-6-10(13(15,16)17)19-12(14)20-11/h3-6H,7H2,1-2H3. The zero-order chi connectivity index (χ0) is 15.6. The van der Waals surface area contributed by atoms with E-state index in [4.69, 9.17) is 11.6 Å². The number of pyridine rings is 1. The molecule has 0 aromatic carbocycles. The van der Waals surface area contributed by atoms with Gasteiger partial charge in [-0.1, -0.05) is 6.07 Å². The lowest BCUT2D eigenvalue weighted by Gasteiger charge is -2.19. The first-order chi connectivity index (χ1) is 9.75. The molecule has 4 nitrogen and oxygen atoms in total. The van der Waals surface area contributed by atoms with Gasteiger partial charge in [-0.05, 0) is 30.7 Å². The van der Waals surface area contributed by atoms with Gasteiger partial charge in [-0.3, -0.25) is 4.98 Å². The van der Waals surface area contributed by atoms with Crippen LogP contribution in [0.25, 0.3) is 0 Å². The summed E-state index contributed by atoms with van der Waals surface area (Å²) in [5.41, 5.74) is 0.486. The highest BCUT2D eigenvalue weighted by Crippen LogP contribution is 2.30. The molecule has 0 bridgehead atoms. The van der Waals surface area contributed by atoms with Gasteiger partial charge in [-0.15, -0.1) is 0 Å². The highest BCUT2D eigenvalue weighted by atomic mass is 35.5. The molecule has 0 N–H and O–H groups in total. The molecule has 2 heterocycles. The average Bonchev–Trinajstić information content (AvgIpc) is 2.37. The minimum absolute atomic E-state index is 0.0885. The van der Waals surface area contributed by atoms with E-state index in [1.165, 1.54) is 4.90 Å². The molecule has 0 spiro atoms. The minimum Gasteiger partial charge on any atom is -0.354 e. The van der Waals surface area contributed by atoms with Crippen LogP contribution in [0.3, 0.4) is 0 Å². The Balaban J connectivity index is 2.27. The van der Waals surface area contributed by atoms with Crippen molar-refractivity contribution in [3.8, 4) is 0 Å². The molecule has 21 heavy (non-hydrogen) atoms. The fourth-order valence-corrected chi connectivity index (χ4v) is 1.94. The first kappa shape index (κ1) is 15.5. The summed E-state index contributed by atoms with van der Waals surface area (Å²) in [6.07, 6.45) is -4.57. The van der Waals surface area contributed by atoms with E-state index in [0.29, 0.717) is 6.54 Å². The molecular formula is C13H12ClF3N4. The van der Waals surface area contributed by atoms with Crippen LogP contribution >= 0.6 is 11.6 Å². The Morgan fingerprint density at radius 2 is 1.90 bits per heavy atom. The molecule has 0 aliphatic heterocycles. The molecule has 8 heteroatoms. The predicted octanol–water partition coefficient (Wildman–Crippen LogP) is 3.49. The Labute approximate surface area is 124 Å². The fraction of sp³-hybridized carbons (Fsp3) is 0.308. The number of aromatic nitrogens is 3. The minimum atomic E-state index is -4.57. The van der Waals surface area contributed by atoms with Gasteiger partial charge in [0.15, 0.2) is 5.69 Å². The molecule has 0 saturated carbocycles. The molecule has 0 saturated heterocycles. The highest BCUT2D eigenvalue weighted by Gasteiger charge is 2.34. The van der Waals surface area contributed by atoms with Gasteiger partial charge in [0.2, 0.25) is 5.28 Å². The van der Waals surface area contributed by atoms with Crippen molar-refractivity contribution < 1.29 is 13.2 Å². The topological polar surface area (TPSA) is 41.9 Å².